The lowest BCUT2D eigenvalue weighted by atomic mass is 10.0. The molecule has 30 heavy (non-hydrogen) atoms. The zero-order valence-corrected chi connectivity index (χ0v) is 17.4. The van der Waals surface area contributed by atoms with Crippen molar-refractivity contribution in [3.8, 4) is 0 Å². The second-order valence-electron chi connectivity index (χ2n) is 7.46. The predicted octanol–water partition coefficient (Wildman–Crippen LogP) is 1.000. The van der Waals surface area contributed by atoms with Gasteiger partial charge in [-0.1, -0.05) is 5.16 Å². The van der Waals surface area contributed by atoms with Crippen molar-refractivity contribution >= 4 is 12.4 Å². The minimum absolute atomic E-state index is 0.198. The molecule has 0 bridgehead atoms. The van der Waals surface area contributed by atoms with E-state index >= 15 is 0 Å². The summed E-state index contributed by atoms with van der Waals surface area (Å²) in [6.45, 7) is 7.57. The molecule has 0 aliphatic carbocycles. The Hall–Kier alpha value is -2.56. The number of aryl methyl sites for hydroxylation is 1. The fraction of sp³-hybridized carbons (Fsp3) is 0.600. The van der Waals surface area contributed by atoms with Crippen LogP contribution < -0.4 is 4.90 Å². The molecule has 2 aliphatic rings. The van der Waals surface area contributed by atoms with Crippen LogP contribution >= 0.6 is 0 Å². The van der Waals surface area contributed by atoms with Crippen LogP contribution in [0, 0.1) is 12.8 Å². The van der Waals surface area contributed by atoms with Crippen molar-refractivity contribution in [2.24, 2.45) is 5.92 Å². The molecule has 4 rings (SSSR count). The van der Waals surface area contributed by atoms with E-state index in [0.29, 0.717) is 5.92 Å². The fourth-order valence-corrected chi connectivity index (χ4v) is 3.90. The maximum absolute atomic E-state index is 8.36. The van der Waals surface area contributed by atoms with E-state index in [9.17, 15) is 0 Å². The molecule has 164 valence electrons. The van der Waals surface area contributed by atoms with Crippen molar-refractivity contribution in [1.82, 2.24) is 20.0 Å². The number of aromatic nitrogens is 3. The van der Waals surface area contributed by atoms with Gasteiger partial charge in [0, 0.05) is 76.2 Å². The smallest absolute Gasteiger partial charge is 0.290 e. The number of methoxy groups -OCH3 is 1. The summed E-state index contributed by atoms with van der Waals surface area (Å²) in [4.78, 5) is 22.0. The minimum Gasteiger partial charge on any atom is -0.483 e. The first-order valence-corrected chi connectivity index (χ1v) is 10.0. The van der Waals surface area contributed by atoms with Crippen LogP contribution in [0.2, 0.25) is 0 Å². The molecule has 0 spiro atoms. The van der Waals surface area contributed by atoms with Gasteiger partial charge >= 0.3 is 0 Å². The summed E-state index contributed by atoms with van der Waals surface area (Å²) >= 11 is 0. The van der Waals surface area contributed by atoms with Crippen LogP contribution in [-0.2, 0) is 27.2 Å². The highest BCUT2D eigenvalue weighted by Crippen LogP contribution is 2.25. The number of nitrogens with zero attached hydrogens (tertiary/aromatic N) is 5. The standard InChI is InChI=1S/C19H27N5O3.CH2O2/c1-14-7-17(27-22-14)8-16-12-23(13-18(16)25-2)11-15-9-20-19(21-10-15)24-3-5-26-6-4-24;2-1-3/h7,9-10,16,18H,3-6,8,11-13H2,1-2H3;1H,(H,2,3)/t16-,18+;/m1./s1. The van der Waals surface area contributed by atoms with Crippen molar-refractivity contribution < 1.29 is 23.9 Å². The molecule has 10 nitrogen and oxygen atoms in total. The Labute approximate surface area is 175 Å². The Kier molecular flexibility index (Phi) is 8.12. The molecule has 2 aromatic rings. The van der Waals surface area contributed by atoms with Gasteiger partial charge in [-0.2, -0.15) is 0 Å². The van der Waals surface area contributed by atoms with Crippen LogP contribution in [0.1, 0.15) is 17.0 Å². The quantitative estimate of drug-likeness (QED) is 0.680. The Bertz CT molecular complexity index is 778. The SMILES string of the molecule is CO[C@H]1CN(Cc2cnc(N3CCOCC3)nc2)C[C@H]1Cc1cc(C)no1.O=CO. The van der Waals surface area contributed by atoms with E-state index in [4.69, 9.17) is 23.9 Å². The zero-order valence-electron chi connectivity index (χ0n) is 17.4. The summed E-state index contributed by atoms with van der Waals surface area (Å²) < 4.78 is 16.5. The molecule has 4 heterocycles. The molecular formula is C20H29N5O5. The lowest BCUT2D eigenvalue weighted by molar-refractivity contribution is -0.122. The fourth-order valence-electron chi connectivity index (χ4n) is 3.90. The number of carboxylic acid groups (broad SMARTS) is 1. The predicted molar refractivity (Wildman–Crippen MR) is 108 cm³/mol. The summed E-state index contributed by atoms with van der Waals surface area (Å²) in [5.41, 5.74) is 2.05. The first-order chi connectivity index (χ1) is 14.6. The first kappa shape index (κ1) is 22.1. The molecule has 2 aromatic heterocycles. The number of likely N-dealkylation sites (tertiary alicyclic amines) is 1. The Morgan fingerprint density at radius 1 is 1.27 bits per heavy atom. The van der Waals surface area contributed by atoms with E-state index in [1.54, 1.807) is 7.11 Å². The van der Waals surface area contributed by atoms with Gasteiger partial charge in [0.2, 0.25) is 5.95 Å². The van der Waals surface area contributed by atoms with Crippen LogP contribution in [0.3, 0.4) is 0 Å². The lowest BCUT2D eigenvalue weighted by Gasteiger charge is -2.26. The van der Waals surface area contributed by atoms with Gasteiger partial charge in [-0.05, 0) is 6.92 Å². The van der Waals surface area contributed by atoms with Crippen LogP contribution in [0.15, 0.2) is 23.0 Å². The van der Waals surface area contributed by atoms with Gasteiger partial charge in [0.25, 0.3) is 6.47 Å². The van der Waals surface area contributed by atoms with Gasteiger partial charge in [0.1, 0.15) is 5.76 Å². The molecule has 0 radical (unpaired) electrons. The highest BCUT2D eigenvalue weighted by molar-refractivity contribution is 5.32. The molecule has 2 saturated heterocycles. The van der Waals surface area contributed by atoms with Crippen LogP contribution in [0.5, 0.6) is 0 Å². The number of rotatable bonds is 6. The van der Waals surface area contributed by atoms with E-state index in [0.717, 1.165) is 75.3 Å². The van der Waals surface area contributed by atoms with Gasteiger partial charge in [-0.15, -0.1) is 0 Å². The molecule has 0 unspecified atom stereocenters. The first-order valence-electron chi connectivity index (χ1n) is 10.0. The van der Waals surface area contributed by atoms with Gasteiger partial charge in [0.15, 0.2) is 0 Å². The molecule has 10 heteroatoms. The van der Waals surface area contributed by atoms with E-state index in [-0.39, 0.29) is 12.6 Å². The summed E-state index contributed by atoms with van der Waals surface area (Å²) in [6, 6.07) is 2.01. The highest BCUT2D eigenvalue weighted by atomic mass is 16.5. The number of morpholine rings is 1. The average molecular weight is 419 g/mol. The molecule has 1 N–H and O–H groups in total. The summed E-state index contributed by atoms with van der Waals surface area (Å²) in [7, 11) is 1.78. The van der Waals surface area contributed by atoms with Gasteiger partial charge in [-0.25, -0.2) is 9.97 Å². The van der Waals surface area contributed by atoms with Crippen molar-refractivity contribution in [1.29, 1.82) is 0 Å². The zero-order chi connectivity index (χ0) is 21.3. The van der Waals surface area contributed by atoms with E-state index in [1.165, 1.54) is 0 Å². The van der Waals surface area contributed by atoms with Crippen LogP contribution in [0.4, 0.5) is 5.95 Å². The van der Waals surface area contributed by atoms with Crippen molar-refractivity contribution in [3.63, 3.8) is 0 Å². The summed E-state index contributed by atoms with van der Waals surface area (Å²) in [5, 5.41) is 10.9. The van der Waals surface area contributed by atoms with Crippen molar-refractivity contribution in [2.45, 2.75) is 26.0 Å². The number of hydrogen-bond acceptors (Lipinski definition) is 9. The molecule has 2 atom stereocenters. The average Bonchev–Trinajstić information content (AvgIpc) is 3.35. The number of carbonyl (C=O) groups is 1. The summed E-state index contributed by atoms with van der Waals surface area (Å²) in [6.07, 6.45) is 4.92. The second kappa shape index (κ2) is 11.0. The summed E-state index contributed by atoms with van der Waals surface area (Å²) in [5.74, 6) is 2.12. The number of anilines is 1. The normalized spacial score (nSPS) is 21.9. The molecule has 0 saturated carbocycles. The molecule has 2 fully saturated rings. The third-order valence-corrected chi connectivity index (χ3v) is 5.29. The van der Waals surface area contributed by atoms with Gasteiger partial charge in [-0.3, -0.25) is 9.69 Å². The van der Waals surface area contributed by atoms with Crippen molar-refractivity contribution in [3.05, 3.63) is 35.5 Å². The molecule has 0 amide bonds. The third-order valence-electron chi connectivity index (χ3n) is 5.29. The molecule has 0 aromatic carbocycles. The van der Waals surface area contributed by atoms with Gasteiger partial charge in [0.05, 0.1) is 25.0 Å². The second-order valence-corrected chi connectivity index (χ2v) is 7.46. The van der Waals surface area contributed by atoms with Crippen LogP contribution in [0.25, 0.3) is 0 Å². The molecule has 2 aliphatic heterocycles. The van der Waals surface area contributed by atoms with Gasteiger partial charge < -0.3 is 24.0 Å². The molecular weight excluding hydrogens is 390 g/mol. The third kappa shape index (κ3) is 5.97. The topological polar surface area (TPSA) is 114 Å². The largest absolute Gasteiger partial charge is 0.483 e. The van der Waals surface area contributed by atoms with Crippen molar-refractivity contribution in [2.75, 3.05) is 51.4 Å². The van der Waals surface area contributed by atoms with E-state index in [1.807, 2.05) is 25.4 Å². The Morgan fingerprint density at radius 2 is 1.97 bits per heavy atom. The van der Waals surface area contributed by atoms with E-state index in [2.05, 4.69) is 24.9 Å². The maximum Gasteiger partial charge on any atom is 0.290 e. The monoisotopic (exact) mass is 419 g/mol. The minimum atomic E-state index is -0.250. The number of ether oxygens (including phenoxy) is 2. The lowest BCUT2D eigenvalue weighted by Crippen LogP contribution is -2.37. The van der Waals surface area contributed by atoms with E-state index < -0.39 is 0 Å². The number of hydrogen-bond donors (Lipinski definition) is 1. The Morgan fingerprint density at radius 3 is 2.57 bits per heavy atom. The Balaban J connectivity index is 0.000000806. The van der Waals surface area contributed by atoms with Crippen LogP contribution in [-0.4, -0.2) is 84.2 Å². The highest BCUT2D eigenvalue weighted by Gasteiger charge is 2.33. The maximum atomic E-state index is 8.36.